The van der Waals surface area contributed by atoms with Crippen molar-refractivity contribution in [3.8, 4) is 30.6 Å². The van der Waals surface area contributed by atoms with Crippen LogP contribution in [0.2, 0.25) is 0 Å². The van der Waals surface area contributed by atoms with Crippen LogP contribution in [0.5, 0.6) is 0 Å². The van der Waals surface area contributed by atoms with Crippen molar-refractivity contribution in [1.82, 2.24) is 0 Å². The van der Waals surface area contributed by atoms with Gasteiger partial charge in [-0.3, -0.25) is 0 Å². The van der Waals surface area contributed by atoms with E-state index >= 15 is 0 Å². The zero-order valence-corrected chi connectivity index (χ0v) is 42.3. The van der Waals surface area contributed by atoms with Crippen LogP contribution in [0.4, 0.5) is 34.1 Å². The third kappa shape index (κ3) is 11.5. The lowest BCUT2D eigenvalue weighted by atomic mass is 10.1. The molecule has 0 spiro atoms. The summed E-state index contributed by atoms with van der Waals surface area (Å²) in [5.74, 6) is 0. The lowest BCUT2D eigenvalue weighted by molar-refractivity contribution is 0.107. The summed E-state index contributed by atoms with van der Waals surface area (Å²) in [5.41, 5.74) is 18.2. The van der Waals surface area contributed by atoms with Gasteiger partial charge in [0, 0.05) is 53.6 Å². The Morgan fingerprint density at radius 2 is 0.569 bits per heavy atom. The van der Waals surface area contributed by atoms with E-state index in [9.17, 15) is 0 Å². The first-order valence-corrected chi connectivity index (χ1v) is 25.9. The van der Waals surface area contributed by atoms with Crippen LogP contribution < -0.4 is 9.80 Å². The molecule has 10 rings (SSSR count). The second kappa shape index (κ2) is 22.5. The van der Waals surface area contributed by atoms with Crippen LogP contribution in [0.3, 0.4) is 0 Å². The lowest BCUT2D eigenvalue weighted by Gasteiger charge is -2.26. The maximum Gasteiger partial charge on any atom is 0.0721 e. The second-order valence-electron chi connectivity index (χ2n) is 18.0. The normalized spacial score (nSPS) is 11.1. The minimum atomic E-state index is 0.544. The topological polar surface area (TPSA) is 24.9 Å². The van der Waals surface area contributed by atoms with Gasteiger partial charge in [-0.1, -0.05) is 158 Å². The zero-order valence-electron chi connectivity index (χ0n) is 40.7. The highest BCUT2D eigenvalue weighted by atomic mass is 32.1. The van der Waals surface area contributed by atoms with Gasteiger partial charge in [-0.2, -0.15) is 0 Å². The van der Waals surface area contributed by atoms with E-state index in [1.807, 2.05) is 34.8 Å². The fourth-order valence-corrected chi connectivity index (χ4v) is 10.8. The van der Waals surface area contributed by atoms with E-state index in [2.05, 4.69) is 255 Å². The molecule has 10 aromatic rings. The summed E-state index contributed by atoms with van der Waals surface area (Å²) in [6, 6.07) is 78.4. The van der Waals surface area contributed by atoms with Crippen LogP contribution in [0.1, 0.15) is 44.5 Å². The van der Waals surface area contributed by atoms with Crippen LogP contribution in [-0.4, -0.2) is 0 Å². The fourth-order valence-electron chi connectivity index (χ4n) is 8.64. The lowest BCUT2D eigenvalue weighted by Crippen LogP contribution is -2.10. The largest absolute Gasteiger partial charge is 0.372 e. The van der Waals surface area contributed by atoms with E-state index in [4.69, 9.17) is 9.47 Å². The average Bonchev–Trinajstić information content (AvgIpc) is 4.13. The Bertz CT molecular complexity index is 3120. The van der Waals surface area contributed by atoms with Gasteiger partial charge >= 0.3 is 0 Å². The van der Waals surface area contributed by atoms with Crippen molar-refractivity contribution in [2.45, 2.75) is 40.3 Å². The van der Waals surface area contributed by atoms with E-state index in [0.29, 0.717) is 26.4 Å². The number of aryl methyl sites for hydroxylation is 2. The van der Waals surface area contributed by atoms with Gasteiger partial charge in [0.05, 0.1) is 26.4 Å². The molecule has 0 bridgehead atoms. The highest BCUT2D eigenvalue weighted by Gasteiger charge is 2.17. The fraction of sp³-hybridized carbons (Fsp3) is 0.0909. The van der Waals surface area contributed by atoms with Gasteiger partial charge in [0.15, 0.2) is 0 Å². The van der Waals surface area contributed by atoms with Crippen molar-refractivity contribution in [2.75, 3.05) is 9.80 Å². The van der Waals surface area contributed by atoms with Crippen LogP contribution >= 0.6 is 22.7 Å². The first kappa shape index (κ1) is 47.8. The van der Waals surface area contributed by atoms with Gasteiger partial charge in [-0.05, 0) is 155 Å². The Labute approximate surface area is 432 Å². The van der Waals surface area contributed by atoms with Gasteiger partial charge in [-0.15, -0.1) is 22.7 Å². The number of hydrogen-bond acceptors (Lipinski definition) is 6. The Hall–Kier alpha value is -7.84. The molecule has 0 aliphatic heterocycles. The Balaban J connectivity index is 0.809. The van der Waals surface area contributed by atoms with Crippen LogP contribution in [-0.2, 0) is 35.9 Å². The van der Waals surface area contributed by atoms with Crippen molar-refractivity contribution < 1.29 is 9.47 Å². The van der Waals surface area contributed by atoms with Crippen LogP contribution in [0.25, 0.3) is 42.8 Å². The maximum atomic E-state index is 6.09. The summed E-state index contributed by atoms with van der Waals surface area (Å²) in [5, 5.41) is 0. The summed E-state index contributed by atoms with van der Waals surface area (Å²) < 4.78 is 12.2. The number of rotatable bonds is 19. The number of benzene rings is 8. The highest BCUT2D eigenvalue weighted by Crippen LogP contribution is 2.43. The van der Waals surface area contributed by atoms with E-state index in [1.165, 1.54) is 41.8 Å². The molecule has 0 atom stereocenters. The Kier molecular flexibility index (Phi) is 14.9. The number of nitrogens with zero attached hydrogens (tertiary/aromatic N) is 2. The molecular formula is C66H56N2O2S2. The molecule has 0 aliphatic rings. The molecule has 6 heteroatoms. The molecule has 0 saturated heterocycles. The molecule has 354 valence electrons. The Morgan fingerprint density at radius 1 is 0.319 bits per heavy atom. The summed E-state index contributed by atoms with van der Waals surface area (Å²) >= 11 is 3.67. The molecule has 0 amide bonds. The third-order valence-corrected chi connectivity index (χ3v) is 15.2. The Morgan fingerprint density at radius 3 is 0.861 bits per heavy atom. The molecule has 0 aliphatic carbocycles. The van der Waals surface area contributed by atoms with Crippen LogP contribution in [0.15, 0.2) is 232 Å². The number of thiophene rings is 2. The van der Waals surface area contributed by atoms with E-state index < -0.39 is 0 Å². The van der Waals surface area contributed by atoms with E-state index in [1.54, 1.807) is 0 Å². The minimum absolute atomic E-state index is 0.544. The van der Waals surface area contributed by atoms with Crippen molar-refractivity contribution in [2.24, 2.45) is 0 Å². The molecule has 0 fully saturated rings. The van der Waals surface area contributed by atoms with Gasteiger partial charge in [-0.25, -0.2) is 0 Å². The average molecular weight is 973 g/mol. The highest BCUT2D eigenvalue weighted by molar-refractivity contribution is 7.25. The van der Waals surface area contributed by atoms with Gasteiger partial charge in [0.25, 0.3) is 0 Å². The van der Waals surface area contributed by atoms with Crippen molar-refractivity contribution >= 4 is 68.9 Å². The summed E-state index contributed by atoms with van der Waals surface area (Å²) in [4.78, 5) is 9.64. The van der Waals surface area contributed by atoms with E-state index in [-0.39, 0.29) is 0 Å². The monoisotopic (exact) mass is 972 g/mol. The van der Waals surface area contributed by atoms with Crippen molar-refractivity contribution in [1.29, 1.82) is 0 Å². The predicted octanol–water partition coefficient (Wildman–Crippen LogP) is 19.1. The second-order valence-corrected chi connectivity index (χ2v) is 20.1. The SMILES string of the molecule is C=Cc1ccc(COCc2ccc(N(c3ccc(C)cc3)c3ccc(-c4ccc(-c5ccc(-c6ccc(N(c7ccc(C)cc7)c7ccc(COCc8ccc(C=C)cc8)cc7)cc6)s5)s4)cc3)cc2)cc1. The first-order chi connectivity index (χ1) is 35.3. The molecule has 8 aromatic carbocycles. The molecule has 0 saturated carbocycles. The molecule has 4 nitrogen and oxygen atoms in total. The van der Waals surface area contributed by atoms with Crippen LogP contribution in [0, 0.1) is 13.8 Å². The van der Waals surface area contributed by atoms with Gasteiger partial charge in [0.2, 0.25) is 0 Å². The molecule has 0 unspecified atom stereocenters. The number of hydrogen-bond donors (Lipinski definition) is 0. The predicted molar refractivity (Wildman–Crippen MR) is 307 cm³/mol. The molecule has 0 N–H and O–H groups in total. The summed E-state index contributed by atoms with van der Waals surface area (Å²) in [6.07, 6.45) is 3.71. The third-order valence-electron chi connectivity index (χ3n) is 12.8. The molecule has 72 heavy (non-hydrogen) atoms. The number of ether oxygens (including phenoxy) is 2. The first-order valence-electron chi connectivity index (χ1n) is 24.3. The standard InChI is InChI=1S/C66H56N2O2S2/c1-5-49-11-15-51(16-12-49)43-69-45-53-19-31-59(32-20-53)67(57-27-7-47(3)8-28-57)61-35-23-55(24-36-61)63-39-41-65(71-63)66-42-40-64(72-66)56-25-37-62(38-26-56)68(58-29-9-48(4)10-30-58)60-33-21-54(22-34-60)46-70-44-52-17-13-50(6-2)14-18-52/h5-42H,1-2,43-46H2,3-4H3. The van der Waals surface area contributed by atoms with Gasteiger partial charge in [0.1, 0.15) is 0 Å². The molecule has 2 heterocycles. The summed E-state index contributed by atoms with van der Waals surface area (Å²) in [6.45, 7) is 14.2. The summed E-state index contributed by atoms with van der Waals surface area (Å²) in [7, 11) is 0. The molecule has 0 radical (unpaired) electrons. The zero-order chi connectivity index (χ0) is 49.2. The minimum Gasteiger partial charge on any atom is -0.372 e. The quantitative estimate of drug-likeness (QED) is 0.0806. The van der Waals surface area contributed by atoms with Crippen molar-refractivity contribution in [3.05, 3.63) is 276 Å². The van der Waals surface area contributed by atoms with E-state index in [0.717, 1.165) is 67.5 Å². The molecule has 2 aromatic heterocycles. The van der Waals surface area contributed by atoms with Crippen molar-refractivity contribution in [3.63, 3.8) is 0 Å². The maximum absolute atomic E-state index is 6.09. The number of anilines is 6. The smallest absolute Gasteiger partial charge is 0.0721 e. The molecular weight excluding hydrogens is 917 g/mol. The van der Waals surface area contributed by atoms with Gasteiger partial charge < -0.3 is 19.3 Å².